The van der Waals surface area contributed by atoms with Crippen molar-refractivity contribution in [1.82, 2.24) is 0 Å². The quantitative estimate of drug-likeness (QED) is 0.334. The van der Waals surface area contributed by atoms with Gasteiger partial charge in [0.1, 0.15) is 11.9 Å². The van der Waals surface area contributed by atoms with Gasteiger partial charge in [0.25, 0.3) is 0 Å². The molecule has 0 aliphatic rings. The molecule has 3 aromatic carbocycles. The lowest BCUT2D eigenvalue weighted by atomic mass is 10.0. The summed E-state index contributed by atoms with van der Waals surface area (Å²) in [5.74, 6) is 1.94. The lowest BCUT2D eigenvalue weighted by molar-refractivity contribution is 0.181. The second-order valence-electron chi connectivity index (χ2n) is 7.66. The van der Waals surface area contributed by atoms with Crippen LogP contribution in [0.5, 0.6) is 17.2 Å². The van der Waals surface area contributed by atoms with Gasteiger partial charge in [-0.15, -0.1) is 13.2 Å². The third-order valence-electron chi connectivity index (χ3n) is 5.24. The predicted molar refractivity (Wildman–Crippen MR) is 140 cm³/mol. The first-order chi connectivity index (χ1) is 17.5. The smallest absolute Gasteiger partial charge is 0.164 e. The summed E-state index contributed by atoms with van der Waals surface area (Å²) in [5, 5.41) is 27.0. The van der Waals surface area contributed by atoms with E-state index in [1.165, 1.54) is 0 Å². The number of aliphatic hydroxyl groups excluding tert-OH is 1. The summed E-state index contributed by atoms with van der Waals surface area (Å²) < 4.78 is 16.6. The van der Waals surface area contributed by atoms with Crippen LogP contribution in [0.25, 0.3) is 0 Å². The molecule has 0 spiro atoms. The van der Waals surface area contributed by atoms with Crippen LogP contribution >= 0.6 is 0 Å². The van der Waals surface area contributed by atoms with Crippen molar-refractivity contribution in [3.63, 3.8) is 0 Å². The van der Waals surface area contributed by atoms with Gasteiger partial charge in [-0.2, -0.15) is 10.5 Å². The van der Waals surface area contributed by atoms with Crippen LogP contribution < -0.4 is 14.2 Å². The summed E-state index contributed by atoms with van der Waals surface area (Å²) in [5.41, 5.74) is 3.03. The van der Waals surface area contributed by atoms with Crippen molar-refractivity contribution in [1.29, 1.82) is 10.5 Å². The molecule has 0 heterocycles. The minimum absolute atomic E-state index is 0.182. The maximum atomic E-state index is 9.53. The minimum atomic E-state index is -0.509. The molecular weight excluding hydrogens is 452 g/mol. The van der Waals surface area contributed by atoms with Crippen molar-refractivity contribution in [3.8, 4) is 29.4 Å². The molecule has 2 atom stereocenters. The Kier molecular flexibility index (Phi) is 11.3. The Labute approximate surface area is 212 Å². The van der Waals surface area contributed by atoms with Gasteiger partial charge in [-0.05, 0) is 53.9 Å². The third kappa shape index (κ3) is 8.06. The van der Waals surface area contributed by atoms with Crippen LogP contribution in [0.4, 0.5) is 0 Å². The summed E-state index contributed by atoms with van der Waals surface area (Å²) in [6.07, 6.45) is 3.97. The van der Waals surface area contributed by atoms with E-state index >= 15 is 0 Å². The largest absolute Gasteiger partial charge is 0.493 e. The van der Waals surface area contributed by atoms with E-state index in [9.17, 15) is 5.11 Å². The summed E-state index contributed by atoms with van der Waals surface area (Å²) >= 11 is 0. The van der Waals surface area contributed by atoms with Gasteiger partial charge in [-0.1, -0.05) is 36.4 Å². The number of aliphatic hydroxyl groups is 1. The molecule has 36 heavy (non-hydrogen) atoms. The molecule has 6 nitrogen and oxygen atoms in total. The van der Waals surface area contributed by atoms with E-state index in [0.29, 0.717) is 41.2 Å². The summed E-state index contributed by atoms with van der Waals surface area (Å²) in [6, 6.07) is 23.8. The van der Waals surface area contributed by atoms with E-state index < -0.39 is 6.10 Å². The Hall–Kier alpha value is -4.52. The standard InChI is InChI=1S/C19H19NO3.C11H11NO/c1-4-5-17(15-8-6-14(13-20)7-9-15)23-16-10-11-18(21-2)19(12-16)22-3;1-2-3-11(13)10-6-4-9(8-12)5-7-10/h4,6-12,17H,1,5H2,2-3H3;2,4-7,11,13H,1,3H2. The van der Waals surface area contributed by atoms with E-state index in [1.807, 2.05) is 30.3 Å². The zero-order chi connectivity index (χ0) is 26.3. The van der Waals surface area contributed by atoms with Crippen molar-refractivity contribution in [2.75, 3.05) is 14.2 Å². The Bertz CT molecular complexity index is 1210. The highest BCUT2D eigenvalue weighted by Crippen LogP contribution is 2.33. The molecule has 0 fully saturated rings. The molecule has 2 unspecified atom stereocenters. The van der Waals surface area contributed by atoms with Gasteiger partial charge in [0.2, 0.25) is 0 Å². The van der Waals surface area contributed by atoms with Gasteiger partial charge in [0, 0.05) is 12.5 Å². The van der Waals surface area contributed by atoms with E-state index in [2.05, 4.69) is 19.2 Å². The maximum Gasteiger partial charge on any atom is 0.164 e. The third-order valence-corrected chi connectivity index (χ3v) is 5.24. The van der Waals surface area contributed by atoms with Crippen molar-refractivity contribution >= 4 is 0 Å². The highest BCUT2D eigenvalue weighted by molar-refractivity contribution is 5.45. The Balaban J connectivity index is 0.000000297. The Morgan fingerprint density at radius 3 is 1.78 bits per heavy atom. The van der Waals surface area contributed by atoms with Gasteiger partial charge in [-0.25, -0.2) is 0 Å². The van der Waals surface area contributed by atoms with E-state index in [-0.39, 0.29) is 6.10 Å². The number of nitriles is 2. The van der Waals surface area contributed by atoms with Crippen LogP contribution in [0.15, 0.2) is 92.0 Å². The van der Waals surface area contributed by atoms with Crippen molar-refractivity contribution < 1.29 is 19.3 Å². The van der Waals surface area contributed by atoms with E-state index in [4.69, 9.17) is 24.7 Å². The van der Waals surface area contributed by atoms with Crippen molar-refractivity contribution in [2.45, 2.75) is 25.0 Å². The van der Waals surface area contributed by atoms with Crippen LogP contribution in [-0.2, 0) is 0 Å². The monoisotopic (exact) mass is 482 g/mol. The van der Waals surface area contributed by atoms with Crippen LogP contribution in [0.1, 0.15) is 47.3 Å². The van der Waals surface area contributed by atoms with Crippen LogP contribution in [-0.4, -0.2) is 19.3 Å². The lowest BCUT2D eigenvalue weighted by Gasteiger charge is -2.19. The lowest BCUT2D eigenvalue weighted by Crippen LogP contribution is -2.07. The number of nitrogens with zero attached hydrogens (tertiary/aromatic N) is 2. The number of rotatable bonds is 10. The molecule has 0 amide bonds. The van der Waals surface area contributed by atoms with Crippen LogP contribution in [0.3, 0.4) is 0 Å². The molecule has 3 rings (SSSR count). The number of benzene rings is 3. The fourth-order valence-corrected chi connectivity index (χ4v) is 3.30. The SMILES string of the molecule is C=CCC(O)c1ccc(C#N)cc1.C=CCC(Oc1ccc(OC)c(OC)c1)c1ccc(C#N)cc1. The molecule has 3 aromatic rings. The molecule has 0 aliphatic heterocycles. The average Bonchev–Trinajstić information content (AvgIpc) is 2.93. The molecule has 1 N–H and O–H groups in total. The molecule has 0 bridgehead atoms. The van der Waals surface area contributed by atoms with Crippen molar-refractivity contribution in [3.05, 3.63) is 114 Å². The van der Waals surface area contributed by atoms with E-state index in [0.717, 1.165) is 11.1 Å². The number of methoxy groups -OCH3 is 2. The van der Waals surface area contributed by atoms with Crippen LogP contribution in [0.2, 0.25) is 0 Å². The molecule has 0 radical (unpaired) electrons. The molecular formula is C30H30N2O4. The molecule has 0 saturated carbocycles. The molecule has 6 heteroatoms. The number of hydrogen-bond acceptors (Lipinski definition) is 6. The molecule has 0 saturated heterocycles. The first-order valence-corrected chi connectivity index (χ1v) is 11.3. The predicted octanol–water partition coefficient (Wildman–Crippen LogP) is 6.44. The zero-order valence-electron chi connectivity index (χ0n) is 20.6. The van der Waals surface area contributed by atoms with Gasteiger partial charge in [-0.3, -0.25) is 0 Å². The highest BCUT2D eigenvalue weighted by Gasteiger charge is 2.14. The summed E-state index contributed by atoms with van der Waals surface area (Å²) in [7, 11) is 3.18. The number of hydrogen-bond donors (Lipinski definition) is 1. The fraction of sp³-hybridized carbons (Fsp3) is 0.200. The van der Waals surface area contributed by atoms with Gasteiger partial charge in [0.05, 0.1) is 43.6 Å². The maximum absolute atomic E-state index is 9.53. The normalized spacial score (nSPS) is 11.4. The second kappa shape index (κ2) is 14.7. The molecule has 184 valence electrons. The minimum Gasteiger partial charge on any atom is -0.493 e. The fourth-order valence-electron chi connectivity index (χ4n) is 3.30. The average molecular weight is 483 g/mol. The van der Waals surface area contributed by atoms with Gasteiger partial charge in [0.15, 0.2) is 11.5 Å². The first-order valence-electron chi connectivity index (χ1n) is 11.3. The number of ether oxygens (including phenoxy) is 3. The topological polar surface area (TPSA) is 95.5 Å². The van der Waals surface area contributed by atoms with Gasteiger partial charge < -0.3 is 19.3 Å². The first kappa shape index (κ1) is 27.7. The molecule has 0 aliphatic carbocycles. The Morgan fingerprint density at radius 2 is 1.31 bits per heavy atom. The zero-order valence-corrected chi connectivity index (χ0v) is 20.6. The molecule has 0 aromatic heterocycles. The van der Waals surface area contributed by atoms with E-state index in [1.54, 1.807) is 68.8 Å². The van der Waals surface area contributed by atoms with Gasteiger partial charge >= 0.3 is 0 Å². The second-order valence-corrected chi connectivity index (χ2v) is 7.66. The summed E-state index contributed by atoms with van der Waals surface area (Å²) in [4.78, 5) is 0. The highest BCUT2D eigenvalue weighted by atomic mass is 16.5. The van der Waals surface area contributed by atoms with Crippen LogP contribution in [0, 0.1) is 22.7 Å². The summed E-state index contributed by atoms with van der Waals surface area (Å²) in [6.45, 7) is 7.33. The Morgan fingerprint density at radius 1 is 0.778 bits per heavy atom. The van der Waals surface area contributed by atoms with Crippen molar-refractivity contribution in [2.24, 2.45) is 0 Å².